The van der Waals surface area contributed by atoms with Gasteiger partial charge in [-0.15, -0.1) is 0 Å². The number of rotatable bonds is 7. The molecule has 0 N–H and O–H groups in total. The topological polar surface area (TPSA) is 48.4 Å². The van der Waals surface area contributed by atoms with Gasteiger partial charge in [0.15, 0.2) is 17.3 Å². The first kappa shape index (κ1) is 19.4. The molecule has 0 aliphatic rings. The molecule has 0 atom stereocenters. The number of hydrogen-bond acceptors (Lipinski definition) is 4. The Hall–Kier alpha value is -1.92. The van der Waals surface area contributed by atoms with Crippen molar-refractivity contribution in [1.29, 1.82) is 0 Å². The number of pyridine rings is 1. The van der Waals surface area contributed by atoms with E-state index in [2.05, 4.69) is 9.72 Å². The van der Waals surface area contributed by atoms with Crippen molar-refractivity contribution >= 4 is 29.0 Å². The molecular formula is C17H15Cl2F2NO3. The molecule has 25 heavy (non-hydrogen) atoms. The van der Waals surface area contributed by atoms with Gasteiger partial charge in [0, 0.05) is 29.9 Å². The van der Waals surface area contributed by atoms with Crippen LogP contribution in [0.1, 0.15) is 29.8 Å². The molecule has 0 amide bonds. The normalized spacial score (nSPS) is 11.0. The molecule has 0 radical (unpaired) electrons. The van der Waals surface area contributed by atoms with Crippen LogP contribution < -0.4 is 9.47 Å². The zero-order chi connectivity index (χ0) is 18.6. The number of carbonyl (C=O) groups excluding carboxylic acids is 1. The number of ketones is 1. The molecule has 1 aromatic carbocycles. The third-order valence-electron chi connectivity index (χ3n) is 3.13. The van der Waals surface area contributed by atoms with Crippen molar-refractivity contribution in [3.63, 3.8) is 0 Å². The number of halogens is 4. The van der Waals surface area contributed by atoms with Crippen LogP contribution in [-0.4, -0.2) is 23.5 Å². The molecule has 2 rings (SSSR count). The number of nitrogens with zero attached hydrogens (tertiary/aromatic N) is 1. The molecule has 8 heteroatoms. The molecule has 0 spiro atoms. The van der Waals surface area contributed by atoms with E-state index in [9.17, 15) is 13.6 Å². The molecule has 1 aromatic heterocycles. The Morgan fingerprint density at radius 3 is 2.32 bits per heavy atom. The summed E-state index contributed by atoms with van der Waals surface area (Å²) < 4.78 is 34.9. The smallest absolute Gasteiger partial charge is 0.387 e. The second kappa shape index (κ2) is 8.45. The summed E-state index contributed by atoms with van der Waals surface area (Å²) in [6.07, 6.45) is 2.44. The van der Waals surface area contributed by atoms with Gasteiger partial charge < -0.3 is 9.47 Å². The number of Topliss-reactive ketones (excluding diaryl/α,β-unsaturated/α-hetero) is 1. The van der Waals surface area contributed by atoms with Gasteiger partial charge in [0.05, 0.1) is 16.1 Å². The average molecular weight is 390 g/mol. The second-order valence-corrected chi connectivity index (χ2v) is 6.20. The van der Waals surface area contributed by atoms with Crippen molar-refractivity contribution < 1.29 is 23.0 Å². The van der Waals surface area contributed by atoms with Crippen LogP contribution >= 0.6 is 23.2 Å². The molecule has 0 aliphatic carbocycles. The number of alkyl halides is 2. The average Bonchev–Trinajstić information content (AvgIpc) is 2.51. The molecule has 0 aliphatic heterocycles. The first-order valence-electron chi connectivity index (χ1n) is 7.34. The van der Waals surface area contributed by atoms with Crippen molar-refractivity contribution in [3.05, 3.63) is 51.8 Å². The first-order chi connectivity index (χ1) is 11.8. The van der Waals surface area contributed by atoms with Crippen LogP contribution in [0.3, 0.4) is 0 Å². The molecule has 0 bridgehead atoms. The highest BCUT2D eigenvalue weighted by atomic mass is 35.5. The van der Waals surface area contributed by atoms with E-state index in [0.29, 0.717) is 5.56 Å². The number of carbonyl (C=O) groups is 1. The van der Waals surface area contributed by atoms with E-state index in [1.807, 2.05) is 0 Å². The number of hydrogen-bond donors (Lipinski definition) is 0. The fourth-order valence-corrected chi connectivity index (χ4v) is 2.59. The molecular weight excluding hydrogens is 375 g/mol. The van der Waals surface area contributed by atoms with E-state index in [-0.39, 0.29) is 45.4 Å². The Morgan fingerprint density at radius 1 is 1.12 bits per heavy atom. The minimum atomic E-state index is -2.99. The molecule has 0 saturated heterocycles. The van der Waals surface area contributed by atoms with Crippen LogP contribution in [0, 0.1) is 0 Å². The van der Waals surface area contributed by atoms with Gasteiger partial charge >= 0.3 is 6.61 Å². The Labute approximate surface area is 153 Å². The third-order valence-corrected chi connectivity index (χ3v) is 3.79. The number of benzene rings is 1. The van der Waals surface area contributed by atoms with Crippen LogP contribution in [0.4, 0.5) is 8.78 Å². The van der Waals surface area contributed by atoms with Crippen molar-refractivity contribution in [2.75, 3.05) is 0 Å². The monoisotopic (exact) mass is 389 g/mol. The summed E-state index contributed by atoms with van der Waals surface area (Å²) in [6.45, 7) is 0.472. The van der Waals surface area contributed by atoms with Crippen molar-refractivity contribution in [2.24, 2.45) is 0 Å². The van der Waals surface area contributed by atoms with Crippen molar-refractivity contribution in [1.82, 2.24) is 4.98 Å². The lowest BCUT2D eigenvalue weighted by Gasteiger charge is -2.15. The van der Waals surface area contributed by atoms with Gasteiger partial charge in [-0.3, -0.25) is 9.78 Å². The van der Waals surface area contributed by atoms with Gasteiger partial charge in [-0.05, 0) is 32.0 Å². The summed E-state index contributed by atoms with van der Waals surface area (Å²) in [5.74, 6) is -0.375. The summed E-state index contributed by atoms with van der Waals surface area (Å²) in [4.78, 5) is 16.3. The summed E-state index contributed by atoms with van der Waals surface area (Å²) in [5.41, 5.74) is 0.712. The van der Waals surface area contributed by atoms with E-state index >= 15 is 0 Å². The largest absolute Gasteiger partial charge is 0.487 e. The van der Waals surface area contributed by atoms with Crippen LogP contribution in [0.15, 0.2) is 30.6 Å². The molecule has 1 heterocycles. The number of aromatic nitrogens is 1. The maximum absolute atomic E-state index is 12.5. The van der Waals surface area contributed by atoms with Crippen LogP contribution in [0.5, 0.6) is 11.5 Å². The van der Waals surface area contributed by atoms with Crippen LogP contribution in [0.25, 0.3) is 0 Å². The van der Waals surface area contributed by atoms with E-state index in [0.717, 1.165) is 0 Å². The van der Waals surface area contributed by atoms with Crippen molar-refractivity contribution in [2.45, 2.75) is 33.0 Å². The highest BCUT2D eigenvalue weighted by Gasteiger charge is 2.18. The molecule has 0 fully saturated rings. The SMILES string of the molecule is CC(C)Oc1cc(C(=O)Cc2c(Cl)cncc2Cl)ccc1OC(F)F. The van der Waals surface area contributed by atoms with Gasteiger partial charge in [-0.2, -0.15) is 8.78 Å². The lowest BCUT2D eigenvalue weighted by molar-refractivity contribution is -0.0518. The summed E-state index contributed by atoms with van der Waals surface area (Å²) in [5, 5.41) is 0.550. The van der Waals surface area contributed by atoms with Gasteiger partial charge in [-0.1, -0.05) is 23.2 Å². The Kier molecular flexibility index (Phi) is 6.56. The van der Waals surface area contributed by atoms with E-state index in [4.69, 9.17) is 27.9 Å². The van der Waals surface area contributed by atoms with Crippen LogP contribution in [-0.2, 0) is 6.42 Å². The Balaban J connectivity index is 2.30. The highest BCUT2D eigenvalue weighted by molar-refractivity contribution is 6.36. The Bertz CT molecular complexity index is 749. The van der Waals surface area contributed by atoms with E-state index < -0.39 is 6.61 Å². The van der Waals surface area contributed by atoms with Gasteiger partial charge in [-0.25, -0.2) is 0 Å². The summed E-state index contributed by atoms with van der Waals surface area (Å²) in [7, 11) is 0. The first-order valence-corrected chi connectivity index (χ1v) is 8.10. The second-order valence-electron chi connectivity index (χ2n) is 5.39. The highest BCUT2D eigenvalue weighted by Crippen LogP contribution is 2.32. The molecule has 134 valence electrons. The van der Waals surface area contributed by atoms with E-state index in [1.54, 1.807) is 13.8 Å². The molecule has 0 saturated carbocycles. The summed E-state index contributed by atoms with van der Waals surface area (Å²) in [6, 6.07) is 4.02. The standard InChI is InChI=1S/C17H15Cl2F2NO3/c1-9(2)24-16-5-10(3-4-15(16)25-17(20)21)14(23)6-11-12(18)7-22-8-13(11)19/h3-5,7-9,17H,6H2,1-2H3. The van der Waals surface area contributed by atoms with E-state index in [1.165, 1.54) is 30.6 Å². The minimum Gasteiger partial charge on any atom is -0.487 e. The predicted octanol–water partition coefficient (Wildman–Crippen LogP) is 5.20. The fraction of sp³-hybridized carbons (Fsp3) is 0.294. The summed E-state index contributed by atoms with van der Waals surface area (Å²) >= 11 is 12.0. The predicted molar refractivity (Wildman–Crippen MR) is 91.1 cm³/mol. The molecule has 0 unspecified atom stereocenters. The molecule has 2 aromatic rings. The maximum atomic E-state index is 12.5. The Morgan fingerprint density at radius 2 is 1.76 bits per heavy atom. The van der Waals surface area contributed by atoms with Crippen LogP contribution in [0.2, 0.25) is 10.0 Å². The lowest BCUT2D eigenvalue weighted by atomic mass is 10.0. The van der Waals surface area contributed by atoms with Gasteiger partial charge in [0.2, 0.25) is 0 Å². The van der Waals surface area contributed by atoms with Gasteiger partial charge in [0.25, 0.3) is 0 Å². The van der Waals surface area contributed by atoms with Crippen molar-refractivity contribution in [3.8, 4) is 11.5 Å². The lowest BCUT2D eigenvalue weighted by Crippen LogP contribution is -2.11. The fourth-order valence-electron chi connectivity index (χ4n) is 2.09. The molecule has 4 nitrogen and oxygen atoms in total. The zero-order valence-corrected chi connectivity index (χ0v) is 14.9. The third kappa shape index (κ3) is 5.28. The van der Waals surface area contributed by atoms with Gasteiger partial charge in [0.1, 0.15) is 0 Å². The maximum Gasteiger partial charge on any atom is 0.387 e. The quantitative estimate of drug-likeness (QED) is 0.610. The zero-order valence-electron chi connectivity index (χ0n) is 13.4. The minimum absolute atomic E-state index is 0.0592. The number of ether oxygens (including phenoxy) is 2.